The molecule has 0 aromatic heterocycles. The smallest absolute Gasteiger partial charge is 0.414 e. The highest BCUT2D eigenvalue weighted by atomic mass is 35.5. The number of morpholine rings is 1. The Bertz CT molecular complexity index is 915. The molecule has 29 heavy (non-hydrogen) atoms. The number of amides is 2. The van der Waals surface area contributed by atoms with E-state index in [9.17, 15) is 9.59 Å². The first-order chi connectivity index (χ1) is 14.1. The third kappa shape index (κ3) is 4.58. The lowest BCUT2D eigenvalue weighted by Gasteiger charge is -2.27. The van der Waals surface area contributed by atoms with Crippen LogP contribution < -0.4 is 9.80 Å². The van der Waals surface area contributed by atoms with Crippen LogP contribution in [0.3, 0.4) is 0 Å². The summed E-state index contributed by atoms with van der Waals surface area (Å²) in [6.07, 6.45) is 1.03. The second-order valence-corrected chi connectivity index (χ2v) is 7.21. The van der Waals surface area contributed by atoms with Crippen molar-refractivity contribution in [2.45, 2.75) is 6.10 Å². The molecule has 0 spiro atoms. The quantitative estimate of drug-likeness (QED) is 0.706. The van der Waals surface area contributed by atoms with Gasteiger partial charge >= 0.3 is 6.09 Å². The van der Waals surface area contributed by atoms with E-state index < -0.39 is 6.09 Å². The van der Waals surface area contributed by atoms with Crippen molar-refractivity contribution in [2.75, 3.05) is 42.6 Å². The molecule has 2 heterocycles. The van der Waals surface area contributed by atoms with Gasteiger partial charge in [-0.05, 0) is 42.0 Å². The molecule has 0 aliphatic carbocycles. The Kier molecular flexibility index (Phi) is 5.78. The Labute approximate surface area is 173 Å². The summed E-state index contributed by atoms with van der Waals surface area (Å²) in [5.41, 5.74) is 2.45. The van der Waals surface area contributed by atoms with E-state index in [0.29, 0.717) is 31.3 Å². The normalized spacial score (nSPS) is 19.8. The van der Waals surface area contributed by atoms with E-state index in [1.807, 2.05) is 36.4 Å². The Morgan fingerprint density at radius 3 is 2.41 bits per heavy atom. The van der Waals surface area contributed by atoms with E-state index in [2.05, 4.69) is 4.99 Å². The molecule has 0 radical (unpaired) electrons. The van der Waals surface area contributed by atoms with Crippen LogP contribution in [0.25, 0.3) is 0 Å². The van der Waals surface area contributed by atoms with Gasteiger partial charge in [0.25, 0.3) is 5.91 Å². The van der Waals surface area contributed by atoms with E-state index in [4.69, 9.17) is 21.1 Å². The highest BCUT2D eigenvalue weighted by Crippen LogP contribution is 2.25. The van der Waals surface area contributed by atoms with Gasteiger partial charge in [0.1, 0.15) is 12.7 Å². The van der Waals surface area contributed by atoms with Crippen molar-refractivity contribution >= 4 is 41.2 Å². The molecule has 2 amide bonds. The minimum Gasteiger partial charge on any atom is -0.442 e. The molecular formula is C21H20ClN3O4. The summed E-state index contributed by atoms with van der Waals surface area (Å²) in [4.78, 5) is 31.8. The van der Waals surface area contributed by atoms with Gasteiger partial charge in [-0.1, -0.05) is 23.7 Å². The fourth-order valence-electron chi connectivity index (χ4n) is 3.26. The third-order valence-electron chi connectivity index (χ3n) is 4.75. The number of carbonyl (C=O) groups excluding carboxylic acids is 2. The number of anilines is 2. The van der Waals surface area contributed by atoms with Crippen molar-refractivity contribution in [2.24, 2.45) is 4.99 Å². The lowest BCUT2D eigenvalue weighted by Crippen LogP contribution is -2.41. The number of hydrogen-bond acceptors (Lipinski definition) is 5. The Morgan fingerprint density at radius 2 is 1.72 bits per heavy atom. The summed E-state index contributed by atoms with van der Waals surface area (Å²) in [6, 6.07) is 14.6. The minimum absolute atomic E-state index is 0.0665. The van der Waals surface area contributed by atoms with Crippen molar-refractivity contribution in [3.05, 3.63) is 59.1 Å². The van der Waals surface area contributed by atoms with Crippen molar-refractivity contribution in [3.63, 3.8) is 0 Å². The Morgan fingerprint density at radius 1 is 1.03 bits per heavy atom. The van der Waals surface area contributed by atoms with Crippen molar-refractivity contribution in [1.29, 1.82) is 0 Å². The zero-order valence-corrected chi connectivity index (χ0v) is 16.4. The molecule has 0 saturated carbocycles. The van der Waals surface area contributed by atoms with Gasteiger partial charge in [0.15, 0.2) is 0 Å². The highest BCUT2D eigenvalue weighted by molar-refractivity contribution is 6.30. The Hall–Kier alpha value is -2.90. The first kappa shape index (κ1) is 19.4. The van der Waals surface area contributed by atoms with Gasteiger partial charge in [0, 0.05) is 29.2 Å². The SMILES string of the molecule is O=C1COCCN1c1ccc(N2C[C@H](C/N=C\c3ccc(Cl)cc3)OC2=O)cc1. The third-order valence-corrected chi connectivity index (χ3v) is 5.00. The summed E-state index contributed by atoms with van der Waals surface area (Å²) >= 11 is 5.87. The van der Waals surface area contributed by atoms with Crippen LogP contribution >= 0.6 is 11.6 Å². The van der Waals surface area contributed by atoms with Crippen LogP contribution in [0.5, 0.6) is 0 Å². The fraction of sp³-hybridized carbons (Fsp3) is 0.286. The molecule has 0 unspecified atom stereocenters. The van der Waals surface area contributed by atoms with Crippen molar-refractivity contribution in [3.8, 4) is 0 Å². The molecule has 8 heteroatoms. The van der Waals surface area contributed by atoms with Gasteiger partial charge in [-0.15, -0.1) is 0 Å². The maximum atomic E-state index is 12.3. The molecule has 2 aromatic rings. The molecule has 0 N–H and O–H groups in total. The summed E-state index contributed by atoms with van der Waals surface area (Å²) in [6.45, 7) is 1.94. The topological polar surface area (TPSA) is 71.4 Å². The largest absolute Gasteiger partial charge is 0.442 e. The maximum absolute atomic E-state index is 12.3. The molecule has 2 aromatic carbocycles. The number of halogens is 1. The van der Waals surface area contributed by atoms with Crippen molar-refractivity contribution < 1.29 is 19.1 Å². The molecule has 7 nitrogen and oxygen atoms in total. The van der Waals surface area contributed by atoms with Crippen LogP contribution in [0.2, 0.25) is 5.02 Å². The van der Waals surface area contributed by atoms with Crippen LogP contribution in [0, 0.1) is 0 Å². The zero-order valence-electron chi connectivity index (χ0n) is 15.7. The Balaban J connectivity index is 1.36. The summed E-state index contributed by atoms with van der Waals surface area (Å²) in [5, 5.41) is 0.673. The van der Waals surface area contributed by atoms with Crippen LogP contribution in [-0.2, 0) is 14.3 Å². The number of hydrogen-bond donors (Lipinski definition) is 0. The molecule has 2 aliphatic rings. The predicted octanol–water partition coefficient (Wildman–Crippen LogP) is 3.15. The molecule has 4 rings (SSSR count). The van der Waals surface area contributed by atoms with Crippen molar-refractivity contribution in [1.82, 2.24) is 0 Å². The van der Waals surface area contributed by atoms with Crippen LogP contribution in [-0.4, -0.2) is 57.2 Å². The summed E-state index contributed by atoms with van der Waals surface area (Å²) < 4.78 is 10.6. The lowest BCUT2D eigenvalue weighted by atomic mass is 10.2. The monoisotopic (exact) mass is 413 g/mol. The van der Waals surface area contributed by atoms with E-state index in [-0.39, 0.29) is 18.6 Å². The molecule has 2 fully saturated rings. The van der Waals surface area contributed by atoms with E-state index in [0.717, 1.165) is 16.9 Å². The zero-order chi connectivity index (χ0) is 20.2. The average molecular weight is 414 g/mol. The second-order valence-electron chi connectivity index (χ2n) is 6.78. The van der Waals surface area contributed by atoms with E-state index in [1.54, 1.807) is 28.1 Å². The van der Waals surface area contributed by atoms with Crippen LogP contribution in [0.15, 0.2) is 53.5 Å². The summed E-state index contributed by atoms with van der Waals surface area (Å²) in [5.74, 6) is -0.0665. The standard InChI is InChI=1S/C21H20ClN3O4/c22-16-3-1-15(2-4-16)11-23-12-19-13-25(21(27)29-19)18-7-5-17(6-8-18)24-9-10-28-14-20(24)26/h1-8,11,19H,9-10,12-14H2/b23-11-/t19-/m0/s1. The molecule has 150 valence electrons. The highest BCUT2D eigenvalue weighted by Gasteiger charge is 2.32. The van der Waals surface area contributed by atoms with E-state index in [1.165, 1.54) is 0 Å². The maximum Gasteiger partial charge on any atom is 0.414 e. The fourth-order valence-corrected chi connectivity index (χ4v) is 3.38. The molecule has 1 atom stereocenters. The molecule has 0 bridgehead atoms. The number of nitrogens with zero attached hydrogens (tertiary/aromatic N) is 3. The van der Waals surface area contributed by atoms with Gasteiger partial charge in [0.05, 0.1) is 19.7 Å². The van der Waals surface area contributed by atoms with Crippen LogP contribution in [0.4, 0.5) is 16.2 Å². The van der Waals surface area contributed by atoms with Gasteiger partial charge in [-0.25, -0.2) is 4.79 Å². The molecule has 2 aliphatic heterocycles. The number of benzene rings is 2. The average Bonchev–Trinajstić information content (AvgIpc) is 3.10. The minimum atomic E-state index is -0.396. The van der Waals surface area contributed by atoms with Crippen LogP contribution in [0.1, 0.15) is 5.56 Å². The molecule has 2 saturated heterocycles. The first-order valence-electron chi connectivity index (χ1n) is 9.32. The number of aliphatic imine (C=N–C) groups is 1. The predicted molar refractivity (Wildman–Crippen MR) is 111 cm³/mol. The van der Waals surface area contributed by atoms with Gasteiger partial charge < -0.3 is 14.4 Å². The van der Waals surface area contributed by atoms with Gasteiger partial charge in [-0.2, -0.15) is 0 Å². The number of carbonyl (C=O) groups is 2. The first-order valence-corrected chi connectivity index (χ1v) is 9.70. The lowest BCUT2D eigenvalue weighted by molar-refractivity contribution is -0.125. The van der Waals surface area contributed by atoms with Gasteiger partial charge in [-0.3, -0.25) is 14.7 Å². The molecular weight excluding hydrogens is 394 g/mol. The summed E-state index contributed by atoms with van der Waals surface area (Å²) in [7, 11) is 0. The number of rotatable bonds is 5. The van der Waals surface area contributed by atoms with Gasteiger partial charge in [0.2, 0.25) is 0 Å². The second kappa shape index (κ2) is 8.63. The number of ether oxygens (including phenoxy) is 2. The number of cyclic esters (lactones) is 1. The van der Waals surface area contributed by atoms with E-state index >= 15 is 0 Å².